The molecule has 144 valence electrons. The summed E-state index contributed by atoms with van der Waals surface area (Å²) in [6.07, 6.45) is 0.770. The van der Waals surface area contributed by atoms with Crippen LogP contribution in [0.15, 0.2) is 9.59 Å². The first-order valence-corrected chi connectivity index (χ1v) is 8.91. The molecular formula is C18H24N6O3. The summed E-state index contributed by atoms with van der Waals surface area (Å²) >= 11 is 0. The van der Waals surface area contributed by atoms with E-state index in [4.69, 9.17) is 0 Å². The number of hydrogen-bond acceptors (Lipinski definition) is 5. The molecule has 0 N–H and O–H groups in total. The fourth-order valence-electron chi connectivity index (χ4n) is 3.23. The van der Waals surface area contributed by atoms with Crippen LogP contribution in [0.2, 0.25) is 0 Å². The van der Waals surface area contributed by atoms with Crippen LogP contribution in [0.1, 0.15) is 37.2 Å². The molecule has 0 aliphatic heterocycles. The molecule has 0 radical (unpaired) electrons. The summed E-state index contributed by atoms with van der Waals surface area (Å²) in [5, 5.41) is 4.55. The van der Waals surface area contributed by atoms with Crippen molar-refractivity contribution in [3.8, 4) is 5.95 Å². The summed E-state index contributed by atoms with van der Waals surface area (Å²) in [5.74, 6) is 0.234. The van der Waals surface area contributed by atoms with E-state index in [1.807, 2.05) is 27.7 Å². The quantitative estimate of drug-likeness (QED) is 0.666. The van der Waals surface area contributed by atoms with Crippen molar-refractivity contribution in [2.45, 2.75) is 54.1 Å². The van der Waals surface area contributed by atoms with Gasteiger partial charge in [-0.1, -0.05) is 6.92 Å². The second-order valence-electron chi connectivity index (χ2n) is 6.88. The monoisotopic (exact) mass is 372 g/mol. The number of nitrogens with zero attached hydrogens (tertiary/aromatic N) is 6. The van der Waals surface area contributed by atoms with Gasteiger partial charge in [0.1, 0.15) is 5.78 Å². The van der Waals surface area contributed by atoms with Gasteiger partial charge in [-0.25, -0.2) is 9.48 Å². The molecule has 0 unspecified atom stereocenters. The Morgan fingerprint density at radius 3 is 2.30 bits per heavy atom. The van der Waals surface area contributed by atoms with Crippen LogP contribution in [0.3, 0.4) is 0 Å². The van der Waals surface area contributed by atoms with Crippen molar-refractivity contribution in [1.82, 2.24) is 28.5 Å². The van der Waals surface area contributed by atoms with Gasteiger partial charge in [-0.2, -0.15) is 10.1 Å². The van der Waals surface area contributed by atoms with E-state index in [2.05, 4.69) is 10.1 Å². The van der Waals surface area contributed by atoms with Crippen molar-refractivity contribution in [2.24, 2.45) is 7.05 Å². The van der Waals surface area contributed by atoms with E-state index in [1.54, 1.807) is 16.3 Å². The smallest absolute Gasteiger partial charge is 0.302 e. The van der Waals surface area contributed by atoms with Gasteiger partial charge in [0.15, 0.2) is 11.2 Å². The highest BCUT2D eigenvalue weighted by Crippen LogP contribution is 2.20. The molecule has 27 heavy (non-hydrogen) atoms. The first-order valence-electron chi connectivity index (χ1n) is 8.91. The van der Waals surface area contributed by atoms with E-state index in [-0.39, 0.29) is 12.3 Å². The Hall–Kier alpha value is -2.97. The van der Waals surface area contributed by atoms with Gasteiger partial charge in [-0.3, -0.25) is 18.7 Å². The third-order valence-electron chi connectivity index (χ3n) is 4.88. The minimum atomic E-state index is -0.556. The minimum absolute atomic E-state index is 0.257. The van der Waals surface area contributed by atoms with Crippen LogP contribution < -0.4 is 11.2 Å². The van der Waals surface area contributed by atoms with Gasteiger partial charge in [0.2, 0.25) is 5.95 Å². The van der Waals surface area contributed by atoms with Gasteiger partial charge in [-0.05, 0) is 39.7 Å². The lowest BCUT2D eigenvalue weighted by Crippen LogP contribution is -2.41. The number of aryl methyl sites for hydroxylation is 3. The molecule has 3 heterocycles. The average Bonchev–Trinajstić information content (AvgIpc) is 3.10. The molecule has 9 heteroatoms. The highest BCUT2D eigenvalue weighted by molar-refractivity contribution is 5.76. The molecule has 9 nitrogen and oxygen atoms in total. The van der Waals surface area contributed by atoms with Crippen LogP contribution >= 0.6 is 0 Å². The minimum Gasteiger partial charge on any atom is -0.302 e. The highest BCUT2D eigenvalue weighted by atomic mass is 16.2. The fraction of sp³-hybridized carbons (Fsp3) is 0.500. The van der Waals surface area contributed by atoms with Crippen LogP contribution in [0.5, 0.6) is 0 Å². The number of fused-ring (bicyclic) bond motifs is 1. The molecule has 0 aromatic carbocycles. The van der Waals surface area contributed by atoms with Gasteiger partial charge in [0, 0.05) is 19.3 Å². The molecule has 0 saturated heterocycles. The second kappa shape index (κ2) is 6.64. The lowest BCUT2D eigenvalue weighted by molar-refractivity contribution is -0.117. The first kappa shape index (κ1) is 18.8. The summed E-state index contributed by atoms with van der Waals surface area (Å²) in [5.41, 5.74) is 2.39. The van der Waals surface area contributed by atoms with Crippen molar-refractivity contribution in [2.75, 3.05) is 0 Å². The predicted octanol–water partition coefficient (Wildman–Crippen LogP) is 1.01. The molecule has 0 aliphatic carbocycles. The van der Waals surface area contributed by atoms with Gasteiger partial charge in [0.25, 0.3) is 5.56 Å². The fourth-order valence-corrected chi connectivity index (χ4v) is 3.23. The van der Waals surface area contributed by atoms with E-state index in [0.717, 1.165) is 27.9 Å². The Bertz CT molecular complexity index is 1170. The number of Topliss-reactive ketones (excluding diaryl/α,β-unsaturated/α-hetero) is 1. The molecule has 3 aromatic rings. The second-order valence-corrected chi connectivity index (χ2v) is 6.88. The number of ketones is 1. The normalized spacial score (nSPS) is 11.5. The van der Waals surface area contributed by atoms with Crippen LogP contribution in [0.25, 0.3) is 17.1 Å². The van der Waals surface area contributed by atoms with Crippen molar-refractivity contribution in [1.29, 1.82) is 0 Å². The topological polar surface area (TPSA) is 96.7 Å². The van der Waals surface area contributed by atoms with Crippen molar-refractivity contribution in [3.63, 3.8) is 0 Å². The lowest BCUT2D eigenvalue weighted by Gasteiger charge is -2.10. The number of carbonyl (C=O) groups excluding carboxylic acids is 1. The molecular weight excluding hydrogens is 348 g/mol. The average molecular weight is 372 g/mol. The van der Waals surface area contributed by atoms with E-state index >= 15 is 0 Å². The Labute approximate surface area is 155 Å². The van der Waals surface area contributed by atoms with Crippen molar-refractivity contribution >= 4 is 16.9 Å². The molecule has 0 fully saturated rings. The van der Waals surface area contributed by atoms with E-state index in [1.165, 1.54) is 11.5 Å². The van der Waals surface area contributed by atoms with Gasteiger partial charge >= 0.3 is 5.69 Å². The Morgan fingerprint density at radius 1 is 1.11 bits per heavy atom. The maximum Gasteiger partial charge on any atom is 0.332 e. The Morgan fingerprint density at radius 2 is 1.78 bits per heavy atom. The van der Waals surface area contributed by atoms with Gasteiger partial charge < -0.3 is 4.57 Å². The molecule has 0 amide bonds. The number of rotatable bonds is 5. The molecule has 0 aliphatic rings. The standard InChI is InChI=1S/C18H24N6O3/c1-7-8-22-14-15(19-17(22)24-13(5)11(3)12(4)20-24)21(6)18(27)23(16(14)26)9-10(2)25/h7-9H2,1-6H3. The summed E-state index contributed by atoms with van der Waals surface area (Å²) in [6, 6.07) is 0. The maximum absolute atomic E-state index is 13.0. The first-order chi connectivity index (χ1) is 12.7. The zero-order chi connectivity index (χ0) is 20.0. The van der Waals surface area contributed by atoms with E-state index in [9.17, 15) is 14.4 Å². The molecule has 0 bridgehead atoms. The molecule has 3 aromatic heterocycles. The van der Waals surface area contributed by atoms with Crippen LogP contribution in [-0.4, -0.2) is 34.2 Å². The zero-order valence-corrected chi connectivity index (χ0v) is 16.5. The SMILES string of the molecule is CCCn1c(-n2nc(C)c(C)c2C)nc2c1c(=O)n(CC(C)=O)c(=O)n2C. The summed E-state index contributed by atoms with van der Waals surface area (Å²) in [6.45, 7) is 9.47. The zero-order valence-electron chi connectivity index (χ0n) is 16.5. The Balaban J connectivity index is 2.46. The number of carbonyl (C=O) groups is 1. The van der Waals surface area contributed by atoms with E-state index < -0.39 is 11.2 Å². The molecule has 0 spiro atoms. The number of hydrogen-bond donors (Lipinski definition) is 0. The largest absolute Gasteiger partial charge is 0.332 e. The highest BCUT2D eigenvalue weighted by Gasteiger charge is 2.23. The summed E-state index contributed by atoms with van der Waals surface area (Å²) in [4.78, 5) is 41.8. The Kier molecular flexibility index (Phi) is 4.63. The third-order valence-corrected chi connectivity index (χ3v) is 4.88. The number of aromatic nitrogens is 6. The van der Waals surface area contributed by atoms with Crippen LogP contribution in [0, 0.1) is 20.8 Å². The van der Waals surface area contributed by atoms with Crippen molar-refractivity contribution in [3.05, 3.63) is 37.8 Å². The summed E-state index contributed by atoms with van der Waals surface area (Å²) < 4.78 is 5.77. The molecule has 0 atom stereocenters. The van der Waals surface area contributed by atoms with Gasteiger partial charge in [0.05, 0.1) is 12.2 Å². The van der Waals surface area contributed by atoms with E-state index in [0.29, 0.717) is 23.7 Å². The molecule has 3 rings (SSSR count). The molecule has 0 saturated carbocycles. The predicted molar refractivity (Wildman–Crippen MR) is 102 cm³/mol. The lowest BCUT2D eigenvalue weighted by atomic mass is 10.2. The maximum atomic E-state index is 13.0. The third kappa shape index (κ3) is 2.83. The van der Waals surface area contributed by atoms with Crippen molar-refractivity contribution < 1.29 is 4.79 Å². The van der Waals surface area contributed by atoms with Gasteiger partial charge in [-0.15, -0.1) is 0 Å². The van der Waals surface area contributed by atoms with Crippen LogP contribution in [-0.2, 0) is 24.9 Å². The van der Waals surface area contributed by atoms with Crippen LogP contribution in [0.4, 0.5) is 0 Å². The summed E-state index contributed by atoms with van der Waals surface area (Å²) in [7, 11) is 1.56. The number of imidazole rings is 1.